The maximum absolute atomic E-state index is 12.5. The van der Waals surface area contributed by atoms with Crippen molar-refractivity contribution >= 4 is 27.5 Å². The maximum atomic E-state index is 12.5. The van der Waals surface area contributed by atoms with Gasteiger partial charge in [0.1, 0.15) is 5.75 Å². The first-order chi connectivity index (χ1) is 11.5. The van der Waals surface area contributed by atoms with Crippen LogP contribution in [0.5, 0.6) is 5.75 Å². The molecule has 2 aromatic rings. The van der Waals surface area contributed by atoms with Gasteiger partial charge < -0.3 is 14.8 Å². The van der Waals surface area contributed by atoms with Gasteiger partial charge in [-0.05, 0) is 42.3 Å². The highest BCUT2D eigenvalue weighted by molar-refractivity contribution is 9.10. The van der Waals surface area contributed by atoms with Gasteiger partial charge in [0.2, 0.25) is 0 Å². The molecule has 1 amide bonds. The molecule has 0 unspecified atom stereocenters. The first-order valence-corrected chi connectivity index (χ1v) is 8.60. The number of halogens is 1. The fraction of sp³-hybridized carbons (Fsp3) is 0.316. The van der Waals surface area contributed by atoms with Crippen LogP contribution in [0.2, 0.25) is 0 Å². The van der Waals surface area contributed by atoms with E-state index < -0.39 is 0 Å². The van der Waals surface area contributed by atoms with E-state index in [-0.39, 0.29) is 5.91 Å². The third-order valence-electron chi connectivity index (χ3n) is 3.33. The molecule has 5 heteroatoms. The van der Waals surface area contributed by atoms with E-state index in [0.717, 1.165) is 21.5 Å². The maximum Gasteiger partial charge on any atom is 0.255 e. The SMILES string of the molecule is COc1ccc(C(=O)Nc2cccc(Br)c2)cc1COCC(C)C. The molecule has 0 aliphatic rings. The summed E-state index contributed by atoms with van der Waals surface area (Å²) < 4.78 is 11.9. The Morgan fingerprint density at radius 3 is 2.67 bits per heavy atom. The molecular formula is C19H22BrNO3. The van der Waals surface area contributed by atoms with Crippen molar-refractivity contribution in [3.63, 3.8) is 0 Å². The van der Waals surface area contributed by atoms with Gasteiger partial charge >= 0.3 is 0 Å². The molecule has 0 saturated carbocycles. The van der Waals surface area contributed by atoms with Gasteiger partial charge in [0.05, 0.1) is 13.7 Å². The lowest BCUT2D eigenvalue weighted by molar-refractivity contribution is 0.0952. The zero-order valence-electron chi connectivity index (χ0n) is 14.1. The normalized spacial score (nSPS) is 10.7. The summed E-state index contributed by atoms with van der Waals surface area (Å²) >= 11 is 3.39. The Labute approximate surface area is 151 Å². The molecule has 0 bridgehead atoms. The first-order valence-electron chi connectivity index (χ1n) is 7.81. The number of carbonyl (C=O) groups is 1. The number of hydrogen-bond donors (Lipinski definition) is 1. The third kappa shape index (κ3) is 5.35. The number of ether oxygens (including phenoxy) is 2. The van der Waals surface area contributed by atoms with Gasteiger partial charge in [0, 0.05) is 27.9 Å². The highest BCUT2D eigenvalue weighted by atomic mass is 79.9. The van der Waals surface area contributed by atoms with E-state index in [1.165, 1.54) is 0 Å². The average Bonchev–Trinajstić information content (AvgIpc) is 2.54. The van der Waals surface area contributed by atoms with E-state index in [4.69, 9.17) is 9.47 Å². The highest BCUT2D eigenvalue weighted by Gasteiger charge is 2.11. The monoisotopic (exact) mass is 391 g/mol. The van der Waals surface area contributed by atoms with E-state index in [1.54, 1.807) is 19.2 Å². The Bertz CT molecular complexity index is 701. The van der Waals surface area contributed by atoms with Crippen LogP contribution in [0, 0.1) is 5.92 Å². The molecule has 1 N–H and O–H groups in total. The summed E-state index contributed by atoms with van der Waals surface area (Å²) in [6.07, 6.45) is 0. The Balaban J connectivity index is 2.12. The summed E-state index contributed by atoms with van der Waals surface area (Å²) in [7, 11) is 1.61. The van der Waals surface area contributed by atoms with E-state index in [9.17, 15) is 4.79 Å². The molecule has 0 atom stereocenters. The molecule has 2 rings (SSSR count). The Morgan fingerprint density at radius 2 is 2.00 bits per heavy atom. The predicted octanol–water partition coefficient (Wildman–Crippen LogP) is 4.88. The minimum absolute atomic E-state index is 0.166. The largest absolute Gasteiger partial charge is 0.496 e. The van der Waals surface area contributed by atoms with Crippen molar-refractivity contribution in [1.29, 1.82) is 0 Å². The Hall–Kier alpha value is -1.85. The highest BCUT2D eigenvalue weighted by Crippen LogP contribution is 2.22. The second-order valence-electron chi connectivity index (χ2n) is 5.90. The lowest BCUT2D eigenvalue weighted by Crippen LogP contribution is -2.13. The number of anilines is 1. The minimum Gasteiger partial charge on any atom is -0.496 e. The van der Waals surface area contributed by atoms with E-state index in [1.807, 2.05) is 30.3 Å². The first kappa shape index (κ1) is 18.5. The summed E-state index contributed by atoms with van der Waals surface area (Å²) in [5.74, 6) is 1.01. The second kappa shape index (κ2) is 8.85. The van der Waals surface area contributed by atoms with Gasteiger partial charge in [-0.3, -0.25) is 4.79 Å². The van der Waals surface area contributed by atoms with Gasteiger partial charge in [-0.1, -0.05) is 35.8 Å². The fourth-order valence-corrected chi connectivity index (χ4v) is 2.61. The average molecular weight is 392 g/mol. The molecule has 0 fully saturated rings. The molecule has 24 heavy (non-hydrogen) atoms. The van der Waals surface area contributed by atoms with Crippen LogP contribution in [0.25, 0.3) is 0 Å². The van der Waals surface area contributed by atoms with Crippen molar-refractivity contribution in [2.45, 2.75) is 20.5 Å². The van der Waals surface area contributed by atoms with Crippen LogP contribution in [0.3, 0.4) is 0 Å². The molecular weight excluding hydrogens is 370 g/mol. The number of methoxy groups -OCH3 is 1. The van der Waals surface area contributed by atoms with E-state index in [0.29, 0.717) is 24.7 Å². The van der Waals surface area contributed by atoms with Crippen LogP contribution in [0.15, 0.2) is 46.9 Å². The second-order valence-corrected chi connectivity index (χ2v) is 6.82. The van der Waals surface area contributed by atoms with Gasteiger partial charge in [-0.2, -0.15) is 0 Å². The van der Waals surface area contributed by atoms with Crippen molar-refractivity contribution in [2.24, 2.45) is 5.92 Å². The zero-order chi connectivity index (χ0) is 17.5. The summed E-state index contributed by atoms with van der Waals surface area (Å²) in [6.45, 7) is 5.27. The molecule has 0 aliphatic carbocycles. The van der Waals surface area contributed by atoms with Crippen LogP contribution in [-0.4, -0.2) is 19.6 Å². The standard InChI is InChI=1S/C19H22BrNO3/c1-13(2)11-24-12-15-9-14(7-8-18(15)23-3)19(22)21-17-6-4-5-16(20)10-17/h4-10,13H,11-12H2,1-3H3,(H,21,22). The number of amides is 1. The molecule has 0 heterocycles. The Kier molecular flexibility index (Phi) is 6.82. The Morgan fingerprint density at radius 1 is 1.21 bits per heavy atom. The number of benzene rings is 2. The van der Waals surface area contributed by atoms with Gasteiger partial charge in [0.15, 0.2) is 0 Å². The van der Waals surface area contributed by atoms with Crippen LogP contribution >= 0.6 is 15.9 Å². The van der Waals surface area contributed by atoms with Crippen LogP contribution in [-0.2, 0) is 11.3 Å². The van der Waals surface area contributed by atoms with Crippen molar-refractivity contribution in [3.05, 3.63) is 58.1 Å². The number of carbonyl (C=O) groups excluding carboxylic acids is 1. The predicted molar refractivity (Wildman–Crippen MR) is 99.6 cm³/mol. The molecule has 0 saturated heterocycles. The molecule has 0 spiro atoms. The quantitative estimate of drug-likeness (QED) is 0.731. The summed E-state index contributed by atoms with van der Waals surface area (Å²) in [6, 6.07) is 12.8. The van der Waals surface area contributed by atoms with Crippen LogP contribution in [0.4, 0.5) is 5.69 Å². The van der Waals surface area contributed by atoms with E-state index >= 15 is 0 Å². The number of rotatable bonds is 7. The van der Waals surface area contributed by atoms with Crippen LogP contribution in [0.1, 0.15) is 29.8 Å². The lowest BCUT2D eigenvalue weighted by atomic mass is 10.1. The smallest absolute Gasteiger partial charge is 0.255 e. The topological polar surface area (TPSA) is 47.6 Å². The molecule has 0 radical (unpaired) electrons. The minimum atomic E-state index is -0.166. The molecule has 0 aliphatic heterocycles. The summed E-state index contributed by atoms with van der Waals surface area (Å²) in [4.78, 5) is 12.5. The van der Waals surface area contributed by atoms with Gasteiger partial charge in [-0.25, -0.2) is 0 Å². The zero-order valence-corrected chi connectivity index (χ0v) is 15.7. The van der Waals surface area contributed by atoms with Crippen molar-refractivity contribution < 1.29 is 14.3 Å². The number of nitrogens with one attached hydrogen (secondary N) is 1. The van der Waals surface area contributed by atoms with E-state index in [2.05, 4.69) is 35.1 Å². The van der Waals surface area contributed by atoms with Crippen molar-refractivity contribution in [1.82, 2.24) is 0 Å². The summed E-state index contributed by atoms with van der Waals surface area (Å²) in [5, 5.41) is 2.89. The third-order valence-corrected chi connectivity index (χ3v) is 3.83. The number of hydrogen-bond acceptors (Lipinski definition) is 3. The molecule has 128 valence electrons. The van der Waals surface area contributed by atoms with Crippen molar-refractivity contribution in [3.8, 4) is 5.75 Å². The molecule has 0 aromatic heterocycles. The molecule has 4 nitrogen and oxygen atoms in total. The van der Waals surface area contributed by atoms with Gasteiger partial charge in [0.25, 0.3) is 5.91 Å². The molecule has 2 aromatic carbocycles. The van der Waals surface area contributed by atoms with Crippen LogP contribution < -0.4 is 10.1 Å². The lowest BCUT2D eigenvalue weighted by Gasteiger charge is -2.13. The fourth-order valence-electron chi connectivity index (χ4n) is 2.21. The van der Waals surface area contributed by atoms with Crippen molar-refractivity contribution in [2.75, 3.05) is 19.0 Å². The summed E-state index contributed by atoms with van der Waals surface area (Å²) in [5.41, 5.74) is 2.17. The van der Waals surface area contributed by atoms with Gasteiger partial charge in [-0.15, -0.1) is 0 Å².